The Morgan fingerprint density at radius 2 is 2.08 bits per heavy atom. The summed E-state index contributed by atoms with van der Waals surface area (Å²) in [6, 6.07) is 7.83. The van der Waals surface area contributed by atoms with E-state index >= 15 is 0 Å². The molecule has 2 aliphatic heterocycles. The van der Waals surface area contributed by atoms with Gasteiger partial charge in [0, 0.05) is 36.7 Å². The van der Waals surface area contributed by atoms with E-state index in [2.05, 4.69) is 11.9 Å². The molecule has 142 valence electrons. The number of carbonyl (C=O) groups excluding carboxylic acids is 1. The molecule has 0 aliphatic carbocycles. The van der Waals surface area contributed by atoms with Gasteiger partial charge in [0.05, 0.1) is 6.61 Å². The van der Waals surface area contributed by atoms with Gasteiger partial charge in [-0.05, 0) is 50.6 Å². The first-order valence-electron chi connectivity index (χ1n) is 8.49. The lowest BCUT2D eigenvalue weighted by Crippen LogP contribution is -2.62. The van der Waals surface area contributed by atoms with Crippen molar-refractivity contribution in [1.29, 1.82) is 0 Å². The molecule has 7 heteroatoms. The van der Waals surface area contributed by atoms with Gasteiger partial charge in [-0.3, -0.25) is 4.79 Å². The van der Waals surface area contributed by atoms with Crippen LogP contribution in [0, 0.1) is 5.41 Å². The highest BCUT2D eigenvalue weighted by molar-refractivity contribution is 5.94. The quantitative estimate of drug-likeness (QED) is 0.827. The van der Waals surface area contributed by atoms with Crippen molar-refractivity contribution < 1.29 is 9.90 Å². The number of fused-ring (bicyclic) bond motifs is 1. The number of likely N-dealkylation sites (tertiary alicyclic amines) is 2. The highest BCUT2D eigenvalue weighted by Crippen LogP contribution is 2.41. The maximum Gasteiger partial charge on any atom is 0.253 e. The van der Waals surface area contributed by atoms with Crippen molar-refractivity contribution in [3.63, 3.8) is 0 Å². The number of hydrogen-bond donors (Lipinski definition) is 2. The molecule has 2 fully saturated rings. The number of carbonyl (C=O) groups is 1. The zero-order valence-electron chi connectivity index (χ0n) is 14.7. The third kappa shape index (κ3) is 4.29. The summed E-state index contributed by atoms with van der Waals surface area (Å²) in [4.78, 5) is 17.1. The predicted octanol–water partition coefficient (Wildman–Crippen LogP) is 1.91. The van der Waals surface area contributed by atoms with Crippen LogP contribution in [0.5, 0.6) is 0 Å². The number of rotatable bonds is 3. The molecule has 0 bridgehead atoms. The summed E-state index contributed by atoms with van der Waals surface area (Å²) in [7, 11) is 2.11. The monoisotopic (exact) mass is 389 g/mol. The summed E-state index contributed by atoms with van der Waals surface area (Å²) < 4.78 is 0. The summed E-state index contributed by atoms with van der Waals surface area (Å²) >= 11 is 0. The van der Waals surface area contributed by atoms with Crippen LogP contribution in [-0.2, 0) is 6.54 Å². The molecule has 0 aromatic heterocycles. The number of amides is 1. The standard InChI is InChI=1S/C18H27N3O2.2ClH/c1-20-8-3-6-18(13-22)7-9-21(12-16(18)20)17(23)15-5-2-4-14(10-15)11-19;;/h2,4-5,10,16,22H,3,6-9,11-13,19H2,1H3;2*1H/t16-,18-;;/m1../s1. The average molecular weight is 390 g/mol. The van der Waals surface area contributed by atoms with Gasteiger partial charge < -0.3 is 20.6 Å². The predicted molar refractivity (Wildman–Crippen MR) is 105 cm³/mol. The molecular weight excluding hydrogens is 361 g/mol. The van der Waals surface area contributed by atoms with Gasteiger partial charge in [-0.2, -0.15) is 0 Å². The Kier molecular flexibility index (Phi) is 8.16. The number of halogens is 2. The maximum absolute atomic E-state index is 12.8. The molecule has 1 aromatic carbocycles. The number of piperidine rings is 2. The van der Waals surface area contributed by atoms with Crippen LogP contribution < -0.4 is 5.73 Å². The van der Waals surface area contributed by atoms with Crippen LogP contribution in [0.15, 0.2) is 24.3 Å². The van der Waals surface area contributed by atoms with Crippen molar-refractivity contribution in [2.75, 3.05) is 33.3 Å². The second kappa shape index (κ2) is 9.19. The van der Waals surface area contributed by atoms with Gasteiger partial charge in [-0.1, -0.05) is 12.1 Å². The van der Waals surface area contributed by atoms with Gasteiger partial charge in [0.1, 0.15) is 0 Å². The van der Waals surface area contributed by atoms with E-state index in [1.54, 1.807) is 0 Å². The van der Waals surface area contributed by atoms with Gasteiger partial charge in [0.2, 0.25) is 0 Å². The van der Waals surface area contributed by atoms with Gasteiger partial charge in [0.15, 0.2) is 0 Å². The smallest absolute Gasteiger partial charge is 0.253 e. The van der Waals surface area contributed by atoms with Crippen LogP contribution >= 0.6 is 24.8 Å². The van der Waals surface area contributed by atoms with Gasteiger partial charge >= 0.3 is 0 Å². The third-order valence-electron chi connectivity index (χ3n) is 5.71. The molecule has 25 heavy (non-hydrogen) atoms. The highest BCUT2D eigenvalue weighted by atomic mass is 35.5. The fourth-order valence-electron chi connectivity index (χ4n) is 4.21. The van der Waals surface area contributed by atoms with Crippen molar-refractivity contribution in [3.8, 4) is 0 Å². The number of nitrogens with two attached hydrogens (primary N) is 1. The molecule has 2 aliphatic rings. The minimum absolute atomic E-state index is 0. The fraction of sp³-hybridized carbons (Fsp3) is 0.611. The molecule has 0 saturated carbocycles. The zero-order valence-corrected chi connectivity index (χ0v) is 16.3. The molecule has 1 amide bonds. The molecule has 2 heterocycles. The molecule has 2 saturated heterocycles. The van der Waals surface area contributed by atoms with Crippen molar-refractivity contribution in [2.45, 2.75) is 31.8 Å². The molecule has 0 radical (unpaired) electrons. The maximum atomic E-state index is 12.8. The van der Waals surface area contributed by atoms with Gasteiger partial charge in [-0.25, -0.2) is 0 Å². The summed E-state index contributed by atoms with van der Waals surface area (Å²) in [5, 5.41) is 9.96. The Balaban J connectivity index is 0.00000156. The minimum atomic E-state index is -0.0388. The Morgan fingerprint density at radius 1 is 1.32 bits per heavy atom. The molecule has 0 spiro atoms. The van der Waals surface area contributed by atoms with Crippen LogP contribution in [0.4, 0.5) is 0 Å². The van der Waals surface area contributed by atoms with Crippen LogP contribution in [0.1, 0.15) is 35.2 Å². The van der Waals surface area contributed by atoms with E-state index in [0.29, 0.717) is 18.7 Å². The van der Waals surface area contributed by atoms with Gasteiger partial charge in [-0.15, -0.1) is 24.8 Å². The largest absolute Gasteiger partial charge is 0.396 e. The summed E-state index contributed by atoms with van der Waals surface area (Å²) in [6.45, 7) is 3.11. The topological polar surface area (TPSA) is 69.8 Å². The number of nitrogens with zero attached hydrogens (tertiary/aromatic N) is 2. The van der Waals surface area contributed by atoms with Crippen molar-refractivity contribution in [2.24, 2.45) is 11.1 Å². The molecule has 0 unspecified atom stereocenters. The molecular formula is C18H29Cl2N3O2. The van der Waals surface area contributed by atoms with E-state index < -0.39 is 0 Å². The third-order valence-corrected chi connectivity index (χ3v) is 5.71. The molecule has 1 aromatic rings. The van der Waals surface area contributed by atoms with E-state index in [0.717, 1.165) is 37.9 Å². The second-order valence-corrected chi connectivity index (χ2v) is 7.03. The van der Waals surface area contributed by atoms with E-state index in [1.807, 2.05) is 29.2 Å². The SMILES string of the molecule is CN1CCC[C@]2(CO)CCN(C(=O)c3cccc(CN)c3)C[C@@H]12.Cl.Cl. The first kappa shape index (κ1) is 22.2. The number of likely N-dealkylation sites (N-methyl/N-ethyl adjacent to an activating group) is 1. The summed E-state index contributed by atoms with van der Waals surface area (Å²) in [5.41, 5.74) is 7.33. The first-order valence-corrected chi connectivity index (χ1v) is 8.49. The molecule has 5 nitrogen and oxygen atoms in total. The number of benzene rings is 1. The van der Waals surface area contributed by atoms with E-state index in [-0.39, 0.29) is 48.8 Å². The highest BCUT2D eigenvalue weighted by Gasteiger charge is 2.47. The summed E-state index contributed by atoms with van der Waals surface area (Å²) in [6.07, 6.45) is 3.06. The lowest BCUT2D eigenvalue weighted by molar-refractivity contribution is -0.0601. The molecule has 3 N–H and O–H groups in total. The normalized spacial score (nSPS) is 26.2. The fourth-order valence-corrected chi connectivity index (χ4v) is 4.21. The Morgan fingerprint density at radius 3 is 2.76 bits per heavy atom. The van der Waals surface area contributed by atoms with Crippen LogP contribution in [-0.4, -0.2) is 60.1 Å². The molecule has 3 rings (SSSR count). The van der Waals surface area contributed by atoms with Gasteiger partial charge in [0.25, 0.3) is 5.91 Å². The average Bonchev–Trinajstić information content (AvgIpc) is 2.61. The zero-order chi connectivity index (χ0) is 16.4. The Bertz CT molecular complexity index is 587. The van der Waals surface area contributed by atoms with Crippen molar-refractivity contribution >= 4 is 30.7 Å². The molecule has 2 atom stereocenters. The van der Waals surface area contributed by atoms with E-state index in [4.69, 9.17) is 5.73 Å². The van der Waals surface area contributed by atoms with E-state index in [1.165, 1.54) is 0 Å². The lowest BCUT2D eigenvalue weighted by Gasteiger charge is -2.53. The van der Waals surface area contributed by atoms with Crippen molar-refractivity contribution in [1.82, 2.24) is 9.80 Å². The number of aliphatic hydroxyl groups is 1. The van der Waals surface area contributed by atoms with Crippen LogP contribution in [0.3, 0.4) is 0 Å². The van der Waals surface area contributed by atoms with Crippen LogP contribution in [0.25, 0.3) is 0 Å². The lowest BCUT2D eigenvalue weighted by atomic mass is 9.69. The van der Waals surface area contributed by atoms with Crippen LogP contribution in [0.2, 0.25) is 0 Å². The minimum Gasteiger partial charge on any atom is -0.396 e. The first-order chi connectivity index (χ1) is 11.1. The number of aliphatic hydroxyl groups excluding tert-OH is 1. The van der Waals surface area contributed by atoms with E-state index in [9.17, 15) is 9.90 Å². The van der Waals surface area contributed by atoms with Crippen molar-refractivity contribution in [3.05, 3.63) is 35.4 Å². The Labute approximate surface area is 162 Å². The second-order valence-electron chi connectivity index (χ2n) is 7.03. The number of hydrogen-bond acceptors (Lipinski definition) is 4. The Hall–Kier alpha value is -0.850. The summed E-state index contributed by atoms with van der Waals surface area (Å²) in [5.74, 6) is 0.0748.